The summed E-state index contributed by atoms with van der Waals surface area (Å²) in [5, 5.41) is 6.83. The standard InChI is InChI=1S/C9H12N6O/c10-14-9-3-1-2-7(13-9)11-5-4-8-12-6-16-15-8/h1-3,6H,4-5,10H2,(H2,11,13,14). The molecule has 0 aliphatic rings. The SMILES string of the molecule is NNc1cccc(NCCc2ncon2)n1. The van der Waals surface area contributed by atoms with E-state index in [1.807, 2.05) is 12.1 Å². The number of hydrogen-bond donors (Lipinski definition) is 3. The fourth-order valence-electron chi connectivity index (χ4n) is 1.22. The van der Waals surface area contributed by atoms with Crippen LogP contribution in [0.2, 0.25) is 0 Å². The van der Waals surface area contributed by atoms with E-state index in [0.717, 1.165) is 5.82 Å². The van der Waals surface area contributed by atoms with E-state index in [4.69, 9.17) is 5.84 Å². The van der Waals surface area contributed by atoms with Crippen molar-refractivity contribution in [1.29, 1.82) is 0 Å². The normalized spacial score (nSPS) is 10.1. The van der Waals surface area contributed by atoms with Gasteiger partial charge in [-0.25, -0.2) is 10.8 Å². The summed E-state index contributed by atoms with van der Waals surface area (Å²) in [6, 6.07) is 5.50. The summed E-state index contributed by atoms with van der Waals surface area (Å²) in [6.07, 6.45) is 1.99. The zero-order chi connectivity index (χ0) is 11.2. The van der Waals surface area contributed by atoms with Gasteiger partial charge in [0.25, 0.3) is 0 Å². The van der Waals surface area contributed by atoms with Crippen molar-refractivity contribution >= 4 is 11.6 Å². The van der Waals surface area contributed by atoms with Crippen LogP contribution in [-0.2, 0) is 6.42 Å². The maximum Gasteiger partial charge on any atom is 0.213 e. The molecular formula is C9H12N6O. The van der Waals surface area contributed by atoms with Crippen molar-refractivity contribution in [1.82, 2.24) is 15.1 Å². The van der Waals surface area contributed by atoms with Crippen LogP contribution in [0.5, 0.6) is 0 Å². The van der Waals surface area contributed by atoms with Crippen LogP contribution in [0.15, 0.2) is 29.1 Å². The molecule has 2 rings (SSSR count). The monoisotopic (exact) mass is 220 g/mol. The smallest absolute Gasteiger partial charge is 0.213 e. The third kappa shape index (κ3) is 2.67. The summed E-state index contributed by atoms with van der Waals surface area (Å²) in [7, 11) is 0. The fourth-order valence-corrected chi connectivity index (χ4v) is 1.22. The second-order valence-electron chi connectivity index (χ2n) is 3.08. The minimum Gasteiger partial charge on any atom is -0.370 e. The topological polar surface area (TPSA) is 102 Å². The van der Waals surface area contributed by atoms with Crippen LogP contribution in [0, 0.1) is 0 Å². The van der Waals surface area contributed by atoms with Gasteiger partial charge in [-0.15, -0.1) is 0 Å². The molecule has 84 valence electrons. The second kappa shape index (κ2) is 5.08. The number of anilines is 2. The Morgan fingerprint density at radius 1 is 1.31 bits per heavy atom. The molecule has 0 spiro atoms. The summed E-state index contributed by atoms with van der Waals surface area (Å²) >= 11 is 0. The highest BCUT2D eigenvalue weighted by molar-refractivity contribution is 5.44. The molecule has 0 atom stereocenters. The van der Waals surface area contributed by atoms with Crippen LogP contribution in [0.4, 0.5) is 11.6 Å². The Morgan fingerprint density at radius 3 is 2.94 bits per heavy atom. The zero-order valence-electron chi connectivity index (χ0n) is 8.55. The molecule has 0 fully saturated rings. The second-order valence-corrected chi connectivity index (χ2v) is 3.08. The lowest BCUT2D eigenvalue weighted by atomic mass is 10.4. The zero-order valence-corrected chi connectivity index (χ0v) is 8.55. The molecule has 4 N–H and O–H groups in total. The van der Waals surface area contributed by atoms with Gasteiger partial charge in [-0.3, -0.25) is 0 Å². The van der Waals surface area contributed by atoms with Gasteiger partial charge in [0, 0.05) is 13.0 Å². The molecule has 16 heavy (non-hydrogen) atoms. The maximum atomic E-state index is 5.25. The number of rotatable bonds is 5. The third-order valence-electron chi connectivity index (χ3n) is 1.96. The first-order valence-electron chi connectivity index (χ1n) is 4.81. The summed E-state index contributed by atoms with van der Waals surface area (Å²) in [5.74, 6) is 7.28. The average molecular weight is 220 g/mol. The summed E-state index contributed by atoms with van der Waals surface area (Å²) in [6.45, 7) is 0.681. The molecule has 2 aromatic heterocycles. The van der Waals surface area contributed by atoms with Gasteiger partial charge in [0.05, 0.1) is 0 Å². The van der Waals surface area contributed by atoms with Gasteiger partial charge < -0.3 is 15.3 Å². The van der Waals surface area contributed by atoms with Gasteiger partial charge in [0.2, 0.25) is 6.39 Å². The van der Waals surface area contributed by atoms with E-state index in [1.165, 1.54) is 6.39 Å². The average Bonchev–Trinajstić information content (AvgIpc) is 2.82. The number of nitrogen functional groups attached to an aromatic ring is 1. The lowest BCUT2D eigenvalue weighted by Gasteiger charge is -2.05. The molecule has 0 aliphatic heterocycles. The van der Waals surface area contributed by atoms with E-state index < -0.39 is 0 Å². The van der Waals surface area contributed by atoms with Crippen molar-refractivity contribution < 1.29 is 4.52 Å². The number of nitrogens with two attached hydrogens (primary N) is 1. The van der Waals surface area contributed by atoms with Crippen molar-refractivity contribution in [2.24, 2.45) is 5.84 Å². The first-order chi connectivity index (χ1) is 7.88. The minimum absolute atomic E-state index is 0.615. The van der Waals surface area contributed by atoms with E-state index in [1.54, 1.807) is 6.07 Å². The van der Waals surface area contributed by atoms with E-state index >= 15 is 0 Å². The van der Waals surface area contributed by atoms with Crippen LogP contribution in [-0.4, -0.2) is 21.7 Å². The third-order valence-corrected chi connectivity index (χ3v) is 1.96. The predicted molar refractivity (Wildman–Crippen MR) is 58.5 cm³/mol. The van der Waals surface area contributed by atoms with Gasteiger partial charge in [-0.05, 0) is 12.1 Å². The molecule has 7 nitrogen and oxygen atoms in total. The van der Waals surface area contributed by atoms with Crippen LogP contribution in [0.1, 0.15) is 5.82 Å². The molecule has 0 bridgehead atoms. The van der Waals surface area contributed by atoms with E-state index in [9.17, 15) is 0 Å². The van der Waals surface area contributed by atoms with Crippen LogP contribution in [0.3, 0.4) is 0 Å². The lowest BCUT2D eigenvalue weighted by Crippen LogP contribution is -2.11. The van der Waals surface area contributed by atoms with Crippen LogP contribution in [0.25, 0.3) is 0 Å². The number of pyridine rings is 1. The first kappa shape index (κ1) is 10.4. The molecule has 7 heteroatoms. The minimum atomic E-state index is 0.615. The first-order valence-corrected chi connectivity index (χ1v) is 4.81. The van der Waals surface area contributed by atoms with E-state index in [2.05, 4.69) is 30.4 Å². The fraction of sp³-hybridized carbons (Fsp3) is 0.222. The lowest BCUT2D eigenvalue weighted by molar-refractivity contribution is 0.410. The molecule has 0 unspecified atom stereocenters. The van der Waals surface area contributed by atoms with Gasteiger partial charge in [0.15, 0.2) is 5.82 Å². The highest BCUT2D eigenvalue weighted by Gasteiger charge is 1.99. The van der Waals surface area contributed by atoms with Crippen molar-refractivity contribution in [2.45, 2.75) is 6.42 Å². The largest absolute Gasteiger partial charge is 0.370 e. The van der Waals surface area contributed by atoms with Crippen molar-refractivity contribution in [3.05, 3.63) is 30.4 Å². The van der Waals surface area contributed by atoms with E-state index in [0.29, 0.717) is 24.6 Å². The number of nitrogens with one attached hydrogen (secondary N) is 2. The van der Waals surface area contributed by atoms with Crippen molar-refractivity contribution in [2.75, 3.05) is 17.3 Å². The molecule has 2 aromatic rings. The molecule has 0 saturated heterocycles. The Hall–Kier alpha value is -2.15. The van der Waals surface area contributed by atoms with Crippen LogP contribution >= 0.6 is 0 Å². The molecule has 0 aliphatic carbocycles. The van der Waals surface area contributed by atoms with E-state index in [-0.39, 0.29) is 0 Å². The van der Waals surface area contributed by atoms with Crippen LogP contribution < -0.4 is 16.6 Å². The summed E-state index contributed by atoms with van der Waals surface area (Å²) in [4.78, 5) is 8.11. The molecular weight excluding hydrogens is 208 g/mol. The Morgan fingerprint density at radius 2 is 2.19 bits per heavy atom. The Labute approximate surface area is 92.0 Å². The van der Waals surface area contributed by atoms with Gasteiger partial charge in [0.1, 0.15) is 11.6 Å². The molecule has 0 saturated carbocycles. The Balaban J connectivity index is 1.85. The summed E-state index contributed by atoms with van der Waals surface area (Å²) in [5.41, 5.74) is 2.48. The number of nitrogens with zero attached hydrogens (tertiary/aromatic N) is 3. The van der Waals surface area contributed by atoms with Gasteiger partial charge in [-0.2, -0.15) is 4.98 Å². The molecule has 0 amide bonds. The highest BCUT2D eigenvalue weighted by Crippen LogP contribution is 2.07. The highest BCUT2D eigenvalue weighted by atomic mass is 16.5. The molecule has 2 heterocycles. The number of hydrogen-bond acceptors (Lipinski definition) is 7. The Bertz CT molecular complexity index is 429. The Kier molecular flexibility index (Phi) is 3.29. The van der Waals surface area contributed by atoms with Gasteiger partial charge in [-0.1, -0.05) is 11.2 Å². The predicted octanol–water partition coefficient (Wildman–Crippen LogP) is 0.405. The molecule has 0 aromatic carbocycles. The van der Waals surface area contributed by atoms with Gasteiger partial charge >= 0.3 is 0 Å². The number of hydrazine groups is 1. The number of aromatic nitrogens is 3. The van der Waals surface area contributed by atoms with Crippen molar-refractivity contribution in [3.8, 4) is 0 Å². The summed E-state index contributed by atoms with van der Waals surface area (Å²) < 4.78 is 4.62. The maximum absolute atomic E-state index is 5.25. The quantitative estimate of drug-likeness (QED) is 0.495. The molecule has 0 radical (unpaired) electrons. The van der Waals surface area contributed by atoms with Crippen molar-refractivity contribution in [3.63, 3.8) is 0 Å².